The maximum Gasteiger partial charge on any atom is 0.240 e. The molecule has 12 heteroatoms. The number of anilines is 2. The van der Waals surface area contributed by atoms with Crippen molar-refractivity contribution in [1.29, 1.82) is 0 Å². The van der Waals surface area contributed by atoms with Crippen LogP contribution in [0.1, 0.15) is 0 Å². The van der Waals surface area contributed by atoms with Gasteiger partial charge in [-0.15, -0.1) is 20.4 Å². The standard InChI is InChI=1S/2C16H12N4O2/c2*17-16-18-14(10-4-2-1-3-5-10)15(19-20-16)11-6-7-12-13(8-11)22-9-21-12/h2*1-8H,9H2,(H2,17,18,20). The highest BCUT2D eigenvalue weighted by molar-refractivity contribution is 5.80. The topological polar surface area (TPSA) is 166 Å². The molecule has 0 saturated carbocycles. The molecular formula is C32H24N8O4. The van der Waals surface area contributed by atoms with Crippen molar-refractivity contribution in [2.24, 2.45) is 0 Å². The van der Waals surface area contributed by atoms with Crippen LogP contribution < -0.4 is 30.4 Å². The molecule has 0 saturated heterocycles. The van der Waals surface area contributed by atoms with Crippen LogP contribution in [-0.4, -0.2) is 43.9 Å². The first kappa shape index (κ1) is 26.6. The van der Waals surface area contributed by atoms with Gasteiger partial charge in [-0.2, -0.15) is 0 Å². The van der Waals surface area contributed by atoms with Gasteiger partial charge in [0.1, 0.15) is 22.8 Å². The summed E-state index contributed by atoms with van der Waals surface area (Å²) in [5, 5.41) is 16.2. The number of nitrogens with zero attached hydrogens (tertiary/aromatic N) is 6. The number of hydrogen-bond donors (Lipinski definition) is 2. The molecule has 0 radical (unpaired) electrons. The van der Waals surface area contributed by atoms with Gasteiger partial charge in [0.2, 0.25) is 25.5 Å². The van der Waals surface area contributed by atoms with E-state index in [-0.39, 0.29) is 25.5 Å². The van der Waals surface area contributed by atoms with E-state index in [1.54, 1.807) is 0 Å². The van der Waals surface area contributed by atoms with Crippen LogP contribution in [0.5, 0.6) is 23.0 Å². The monoisotopic (exact) mass is 584 g/mol. The van der Waals surface area contributed by atoms with Gasteiger partial charge in [0.05, 0.1) is 0 Å². The Morgan fingerprint density at radius 3 is 1.25 bits per heavy atom. The summed E-state index contributed by atoms with van der Waals surface area (Å²) in [6.45, 7) is 0.464. The molecule has 0 spiro atoms. The molecule has 216 valence electrons. The van der Waals surface area contributed by atoms with Crippen LogP contribution >= 0.6 is 0 Å². The zero-order valence-corrected chi connectivity index (χ0v) is 23.1. The number of fused-ring (bicyclic) bond motifs is 2. The minimum atomic E-state index is 0.142. The molecule has 2 aliphatic heterocycles. The molecule has 0 bridgehead atoms. The van der Waals surface area contributed by atoms with Crippen molar-refractivity contribution in [3.8, 4) is 68.0 Å². The minimum absolute atomic E-state index is 0.142. The van der Waals surface area contributed by atoms with Gasteiger partial charge in [0, 0.05) is 22.3 Å². The lowest BCUT2D eigenvalue weighted by Crippen LogP contribution is -2.02. The van der Waals surface area contributed by atoms with Gasteiger partial charge in [-0.05, 0) is 36.4 Å². The second kappa shape index (κ2) is 11.5. The third kappa shape index (κ3) is 5.34. The van der Waals surface area contributed by atoms with Crippen molar-refractivity contribution >= 4 is 11.9 Å². The minimum Gasteiger partial charge on any atom is -0.454 e. The van der Waals surface area contributed by atoms with E-state index in [9.17, 15) is 0 Å². The number of hydrogen-bond acceptors (Lipinski definition) is 12. The quantitative estimate of drug-likeness (QED) is 0.284. The molecule has 4 N–H and O–H groups in total. The molecule has 0 fully saturated rings. The number of nitrogen functional groups attached to an aromatic ring is 2. The molecular weight excluding hydrogens is 560 g/mol. The molecule has 6 aromatic rings. The zero-order chi connectivity index (χ0) is 29.9. The summed E-state index contributed by atoms with van der Waals surface area (Å²) in [7, 11) is 0. The van der Waals surface area contributed by atoms with Crippen LogP contribution in [0.3, 0.4) is 0 Å². The largest absolute Gasteiger partial charge is 0.454 e. The fraction of sp³-hybridized carbons (Fsp3) is 0.0625. The van der Waals surface area contributed by atoms with Crippen LogP contribution in [0.15, 0.2) is 97.1 Å². The van der Waals surface area contributed by atoms with Crippen molar-refractivity contribution in [1.82, 2.24) is 30.4 Å². The normalized spacial score (nSPS) is 12.4. The molecule has 12 nitrogen and oxygen atoms in total. The molecule has 2 aromatic heterocycles. The van der Waals surface area contributed by atoms with E-state index in [0.29, 0.717) is 34.3 Å². The zero-order valence-electron chi connectivity index (χ0n) is 23.1. The van der Waals surface area contributed by atoms with Gasteiger partial charge in [-0.3, -0.25) is 0 Å². The maximum absolute atomic E-state index is 5.70. The summed E-state index contributed by atoms with van der Waals surface area (Å²) in [5.74, 6) is 3.11. The van der Waals surface area contributed by atoms with Crippen LogP contribution in [0.4, 0.5) is 11.9 Å². The lowest BCUT2D eigenvalue weighted by molar-refractivity contribution is 0.173. The molecule has 0 unspecified atom stereocenters. The number of ether oxygens (including phenoxy) is 4. The predicted octanol–water partition coefficient (Wildman–Crippen LogP) is 5.03. The number of nitrogens with two attached hydrogens (primary N) is 2. The summed E-state index contributed by atoms with van der Waals surface area (Å²) in [4.78, 5) is 8.69. The van der Waals surface area contributed by atoms with Gasteiger partial charge < -0.3 is 30.4 Å². The van der Waals surface area contributed by atoms with Gasteiger partial charge in [-0.1, -0.05) is 60.7 Å². The van der Waals surface area contributed by atoms with Crippen LogP contribution in [0.25, 0.3) is 45.0 Å². The Balaban J connectivity index is 0.000000142. The average molecular weight is 585 g/mol. The predicted molar refractivity (Wildman–Crippen MR) is 162 cm³/mol. The molecule has 4 aromatic carbocycles. The van der Waals surface area contributed by atoms with E-state index in [4.69, 9.17) is 30.4 Å². The average Bonchev–Trinajstić information content (AvgIpc) is 3.75. The number of benzene rings is 4. The Morgan fingerprint density at radius 2 is 0.818 bits per heavy atom. The summed E-state index contributed by atoms with van der Waals surface area (Å²) in [6.07, 6.45) is 0. The molecule has 0 amide bonds. The molecule has 0 aliphatic carbocycles. The summed E-state index contributed by atoms with van der Waals surface area (Å²) in [6, 6.07) is 30.7. The Labute approximate surface area is 251 Å². The van der Waals surface area contributed by atoms with Crippen molar-refractivity contribution in [2.75, 3.05) is 25.1 Å². The van der Waals surface area contributed by atoms with Crippen molar-refractivity contribution in [3.63, 3.8) is 0 Å². The van der Waals surface area contributed by atoms with E-state index >= 15 is 0 Å². The van der Waals surface area contributed by atoms with E-state index in [0.717, 1.165) is 33.8 Å². The third-order valence-electron chi connectivity index (χ3n) is 6.79. The fourth-order valence-electron chi connectivity index (χ4n) is 4.75. The van der Waals surface area contributed by atoms with Gasteiger partial charge >= 0.3 is 0 Å². The first-order chi connectivity index (χ1) is 21.6. The van der Waals surface area contributed by atoms with E-state index in [2.05, 4.69) is 30.4 Å². The molecule has 44 heavy (non-hydrogen) atoms. The van der Waals surface area contributed by atoms with Gasteiger partial charge in [0.15, 0.2) is 23.0 Å². The second-order valence-electron chi connectivity index (χ2n) is 9.60. The van der Waals surface area contributed by atoms with E-state index in [1.807, 2.05) is 97.1 Å². The van der Waals surface area contributed by atoms with Crippen LogP contribution in [0.2, 0.25) is 0 Å². The number of aromatic nitrogens is 6. The Bertz CT molecular complexity index is 1820. The van der Waals surface area contributed by atoms with Gasteiger partial charge in [0.25, 0.3) is 0 Å². The van der Waals surface area contributed by atoms with E-state index < -0.39 is 0 Å². The SMILES string of the molecule is Nc1nnc(-c2ccc3c(c2)OCO3)c(-c2ccccc2)n1.Nc1nnc(-c2ccc3c(c2)OCO3)c(-c2ccccc2)n1. The Kier molecular flexibility index (Phi) is 6.97. The lowest BCUT2D eigenvalue weighted by Gasteiger charge is -2.08. The van der Waals surface area contributed by atoms with Crippen molar-refractivity contribution in [3.05, 3.63) is 97.1 Å². The smallest absolute Gasteiger partial charge is 0.240 e. The van der Waals surface area contributed by atoms with Crippen molar-refractivity contribution < 1.29 is 18.9 Å². The molecule has 2 aliphatic rings. The maximum atomic E-state index is 5.70. The molecule has 0 atom stereocenters. The highest BCUT2D eigenvalue weighted by atomic mass is 16.7. The first-order valence-electron chi connectivity index (χ1n) is 13.5. The second-order valence-corrected chi connectivity index (χ2v) is 9.60. The lowest BCUT2D eigenvalue weighted by atomic mass is 10.0. The summed E-state index contributed by atoms with van der Waals surface area (Å²) < 4.78 is 21.5. The summed E-state index contributed by atoms with van der Waals surface area (Å²) >= 11 is 0. The highest BCUT2D eigenvalue weighted by Crippen LogP contribution is 2.39. The first-order valence-corrected chi connectivity index (χ1v) is 13.5. The number of rotatable bonds is 4. The third-order valence-corrected chi connectivity index (χ3v) is 6.79. The Morgan fingerprint density at radius 1 is 0.409 bits per heavy atom. The molecule has 8 rings (SSSR count). The Hall–Kier alpha value is -6.30. The van der Waals surface area contributed by atoms with Crippen LogP contribution in [0, 0.1) is 0 Å². The van der Waals surface area contributed by atoms with Crippen LogP contribution in [-0.2, 0) is 0 Å². The molecule has 4 heterocycles. The highest BCUT2D eigenvalue weighted by Gasteiger charge is 2.19. The van der Waals surface area contributed by atoms with Gasteiger partial charge in [-0.25, -0.2) is 9.97 Å². The van der Waals surface area contributed by atoms with E-state index in [1.165, 1.54) is 0 Å². The summed E-state index contributed by atoms with van der Waals surface area (Å²) in [5.41, 5.74) is 17.6. The van der Waals surface area contributed by atoms with Crippen molar-refractivity contribution in [2.45, 2.75) is 0 Å². The fourth-order valence-corrected chi connectivity index (χ4v) is 4.75.